The molecular formula is C17H26. The van der Waals surface area contributed by atoms with Gasteiger partial charge in [0.1, 0.15) is 0 Å². The second kappa shape index (κ2) is 4.84. The molecule has 0 aromatic heterocycles. The fourth-order valence-electron chi connectivity index (χ4n) is 3.50. The van der Waals surface area contributed by atoms with Gasteiger partial charge in [0.25, 0.3) is 0 Å². The molecule has 1 aliphatic rings. The second-order valence-corrected chi connectivity index (χ2v) is 6.49. The molecule has 1 aromatic rings. The largest absolute Gasteiger partial charge is 0.0625 e. The number of hydrogen-bond acceptors (Lipinski definition) is 0. The van der Waals surface area contributed by atoms with Crippen LogP contribution in [0.15, 0.2) is 24.3 Å². The van der Waals surface area contributed by atoms with E-state index >= 15 is 0 Å². The van der Waals surface area contributed by atoms with E-state index in [2.05, 4.69) is 52.0 Å². The average molecular weight is 230 g/mol. The van der Waals surface area contributed by atoms with Crippen LogP contribution in [0.25, 0.3) is 0 Å². The minimum atomic E-state index is 0.339. The van der Waals surface area contributed by atoms with E-state index in [9.17, 15) is 0 Å². The van der Waals surface area contributed by atoms with Gasteiger partial charge in [-0.1, -0.05) is 57.9 Å². The van der Waals surface area contributed by atoms with Crippen molar-refractivity contribution in [1.29, 1.82) is 0 Å². The summed E-state index contributed by atoms with van der Waals surface area (Å²) >= 11 is 0. The molecule has 0 aliphatic heterocycles. The first-order valence-electron chi connectivity index (χ1n) is 7.08. The third-order valence-electron chi connectivity index (χ3n) is 4.88. The lowest BCUT2D eigenvalue weighted by Gasteiger charge is -2.40. The highest BCUT2D eigenvalue weighted by Gasteiger charge is 2.34. The van der Waals surface area contributed by atoms with Crippen molar-refractivity contribution in [2.75, 3.05) is 0 Å². The van der Waals surface area contributed by atoms with Crippen LogP contribution in [-0.2, 0) is 5.41 Å². The molecule has 0 nitrogen and oxygen atoms in total. The first-order valence-corrected chi connectivity index (χ1v) is 7.08. The fraction of sp³-hybridized carbons (Fsp3) is 0.647. The van der Waals surface area contributed by atoms with Crippen LogP contribution in [0.4, 0.5) is 0 Å². The van der Waals surface area contributed by atoms with E-state index in [1.54, 1.807) is 5.56 Å². The highest BCUT2D eigenvalue weighted by Crippen LogP contribution is 2.42. The Morgan fingerprint density at radius 3 is 2.18 bits per heavy atom. The van der Waals surface area contributed by atoms with E-state index in [1.807, 2.05) is 0 Å². The average Bonchev–Trinajstić information content (AvgIpc) is 2.30. The Hall–Kier alpha value is -0.780. The van der Waals surface area contributed by atoms with Gasteiger partial charge in [-0.3, -0.25) is 0 Å². The monoisotopic (exact) mass is 230 g/mol. The molecular weight excluding hydrogens is 204 g/mol. The van der Waals surface area contributed by atoms with Gasteiger partial charge in [-0.05, 0) is 48.1 Å². The van der Waals surface area contributed by atoms with Crippen molar-refractivity contribution in [3.63, 3.8) is 0 Å². The Kier molecular flexibility index (Phi) is 3.61. The predicted molar refractivity (Wildman–Crippen MR) is 75.3 cm³/mol. The molecule has 1 aliphatic carbocycles. The van der Waals surface area contributed by atoms with Crippen LogP contribution < -0.4 is 0 Å². The lowest BCUT2D eigenvalue weighted by molar-refractivity contribution is 0.201. The van der Waals surface area contributed by atoms with Crippen molar-refractivity contribution in [2.24, 2.45) is 11.8 Å². The highest BCUT2D eigenvalue weighted by molar-refractivity contribution is 5.33. The zero-order valence-electron chi connectivity index (χ0n) is 11.8. The first-order chi connectivity index (χ1) is 8.01. The third kappa shape index (κ3) is 2.56. The van der Waals surface area contributed by atoms with Crippen molar-refractivity contribution >= 4 is 0 Å². The SMILES string of the molecule is Cc1ccccc1C(C)(C)C1CCC(C)CC1. The maximum Gasteiger partial charge on any atom is -0.00727 e. The van der Waals surface area contributed by atoms with Crippen molar-refractivity contribution in [2.45, 2.75) is 58.8 Å². The van der Waals surface area contributed by atoms with Gasteiger partial charge in [0, 0.05) is 0 Å². The van der Waals surface area contributed by atoms with Crippen LogP contribution in [0.5, 0.6) is 0 Å². The van der Waals surface area contributed by atoms with Gasteiger partial charge >= 0.3 is 0 Å². The van der Waals surface area contributed by atoms with Crippen LogP contribution in [-0.4, -0.2) is 0 Å². The molecule has 0 N–H and O–H groups in total. The molecule has 0 heteroatoms. The van der Waals surface area contributed by atoms with E-state index in [-0.39, 0.29) is 0 Å². The summed E-state index contributed by atoms with van der Waals surface area (Å²) in [4.78, 5) is 0. The molecule has 0 radical (unpaired) electrons. The summed E-state index contributed by atoms with van der Waals surface area (Å²) in [5.74, 6) is 1.80. The fourth-order valence-corrected chi connectivity index (χ4v) is 3.50. The molecule has 1 aromatic carbocycles. The lowest BCUT2D eigenvalue weighted by Crippen LogP contribution is -2.32. The molecule has 2 rings (SSSR count). The Morgan fingerprint density at radius 2 is 1.59 bits per heavy atom. The van der Waals surface area contributed by atoms with Crippen molar-refractivity contribution < 1.29 is 0 Å². The number of hydrogen-bond donors (Lipinski definition) is 0. The Bertz CT molecular complexity index is 367. The normalized spacial score (nSPS) is 25.9. The van der Waals surface area contributed by atoms with Gasteiger partial charge in [0.05, 0.1) is 0 Å². The summed E-state index contributed by atoms with van der Waals surface area (Å²) in [6.45, 7) is 9.53. The lowest BCUT2D eigenvalue weighted by atomic mass is 9.65. The van der Waals surface area contributed by atoms with Crippen molar-refractivity contribution in [1.82, 2.24) is 0 Å². The minimum Gasteiger partial charge on any atom is -0.0625 e. The quantitative estimate of drug-likeness (QED) is 0.663. The Labute approximate surface area is 106 Å². The maximum absolute atomic E-state index is 2.44. The van der Waals surface area contributed by atoms with Gasteiger partial charge in [-0.15, -0.1) is 0 Å². The summed E-state index contributed by atoms with van der Waals surface area (Å²) in [5.41, 5.74) is 3.35. The Morgan fingerprint density at radius 1 is 1.00 bits per heavy atom. The standard InChI is InChI=1S/C17H26/c1-13-9-11-15(12-10-13)17(3,4)16-8-6-5-7-14(16)2/h5-8,13,15H,9-12H2,1-4H3. The van der Waals surface area contributed by atoms with Crippen molar-refractivity contribution in [3.8, 4) is 0 Å². The summed E-state index contributed by atoms with van der Waals surface area (Å²) in [5, 5.41) is 0. The molecule has 0 bridgehead atoms. The predicted octanol–water partition coefficient (Wildman–Crippen LogP) is 5.10. The molecule has 0 heterocycles. The third-order valence-corrected chi connectivity index (χ3v) is 4.88. The van der Waals surface area contributed by atoms with Crippen LogP contribution in [0.2, 0.25) is 0 Å². The molecule has 1 fully saturated rings. The van der Waals surface area contributed by atoms with Crippen LogP contribution in [0, 0.1) is 18.8 Å². The summed E-state index contributed by atoms with van der Waals surface area (Å²) < 4.78 is 0. The molecule has 0 spiro atoms. The first kappa shape index (κ1) is 12.7. The number of benzene rings is 1. The maximum atomic E-state index is 2.44. The van der Waals surface area contributed by atoms with Gasteiger partial charge in [0.15, 0.2) is 0 Å². The highest BCUT2D eigenvalue weighted by atomic mass is 14.4. The zero-order chi connectivity index (χ0) is 12.5. The van der Waals surface area contributed by atoms with E-state index < -0.39 is 0 Å². The number of rotatable bonds is 2. The van der Waals surface area contributed by atoms with Crippen LogP contribution in [0.3, 0.4) is 0 Å². The summed E-state index contributed by atoms with van der Waals surface area (Å²) in [6, 6.07) is 8.92. The van der Waals surface area contributed by atoms with Gasteiger partial charge in [-0.25, -0.2) is 0 Å². The van der Waals surface area contributed by atoms with E-state index in [1.165, 1.54) is 31.2 Å². The smallest absolute Gasteiger partial charge is 0.00727 e. The minimum absolute atomic E-state index is 0.339. The van der Waals surface area contributed by atoms with E-state index in [0.29, 0.717) is 5.41 Å². The molecule has 0 unspecified atom stereocenters. The van der Waals surface area contributed by atoms with Crippen LogP contribution in [0.1, 0.15) is 57.6 Å². The molecule has 1 saturated carbocycles. The molecule has 0 saturated heterocycles. The topological polar surface area (TPSA) is 0 Å². The van der Waals surface area contributed by atoms with Gasteiger partial charge in [0.2, 0.25) is 0 Å². The van der Waals surface area contributed by atoms with Crippen LogP contribution >= 0.6 is 0 Å². The summed E-state index contributed by atoms with van der Waals surface area (Å²) in [7, 11) is 0. The molecule has 94 valence electrons. The molecule has 0 atom stereocenters. The van der Waals surface area contributed by atoms with E-state index in [4.69, 9.17) is 0 Å². The van der Waals surface area contributed by atoms with Gasteiger partial charge < -0.3 is 0 Å². The number of aryl methyl sites for hydroxylation is 1. The Balaban J connectivity index is 2.21. The molecule has 0 amide bonds. The zero-order valence-corrected chi connectivity index (χ0v) is 11.8. The summed E-state index contributed by atoms with van der Waals surface area (Å²) in [6.07, 6.45) is 5.64. The molecule has 17 heavy (non-hydrogen) atoms. The van der Waals surface area contributed by atoms with E-state index in [0.717, 1.165) is 11.8 Å². The van der Waals surface area contributed by atoms with Gasteiger partial charge in [-0.2, -0.15) is 0 Å². The van der Waals surface area contributed by atoms with Crippen molar-refractivity contribution in [3.05, 3.63) is 35.4 Å². The second-order valence-electron chi connectivity index (χ2n) is 6.49.